The average molecular weight is 575 g/mol. The largest absolute Gasteiger partial charge is 0.291 e. The summed E-state index contributed by atoms with van der Waals surface area (Å²) in [5, 5.41) is 8.66. The molecule has 0 spiro atoms. The highest BCUT2D eigenvalue weighted by molar-refractivity contribution is 7.89. The fourth-order valence-corrected chi connectivity index (χ4v) is 7.96. The first-order valence-electron chi connectivity index (χ1n) is 13.6. The van der Waals surface area contributed by atoms with E-state index in [2.05, 4.69) is 15.2 Å². The number of hydrogen-bond acceptors (Lipinski definition) is 6. The Labute approximate surface area is 238 Å². The van der Waals surface area contributed by atoms with Crippen LogP contribution in [0.25, 0.3) is 11.8 Å². The number of fused-ring (bicyclic) bond motifs is 2. The topological polar surface area (TPSA) is 103 Å². The molecule has 4 aromatic rings. The molecule has 1 fully saturated rings. The first kappa shape index (κ1) is 27.2. The van der Waals surface area contributed by atoms with Crippen molar-refractivity contribution in [3.8, 4) is 5.69 Å². The number of sulfonamides is 1. The number of aryl methyl sites for hydroxylation is 2. The Bertz CT molecular complexity index is 1780. The van der Waals surface area contributed by atoms with E-state index in [1.165, 1.54) is 33.5 Å². The van der Waals surface area contributed by atoms with Gasteiger partial charge in [-0.15, -0.1) is 0 Å². The maximum atomic E-state index is 14.5. The van der Waals surface area contributed by atoms with E-state index in [-0.39, 0.29) is 23.0 Å². The van der Waals surface area contributed by atoms with Gasteiger partial charge in [0.25, 0.3) is 0 Å². The van der Waals surface area contributed by atoms with E-state index in [1.54, 1.807) is 42.3 Å². The van der Waals surface area contributed by atoms with Gasteiger partial charge in [-0.1, -0.05) is 12.5 Å². The summed E-state index contributed by atoms with van der Waals surface area (Å²) < 4.78 is 45.8. The predicted molar refractivity (Wildman–Crippen MR) is 151 cm³/mol. The van der Waals surface area contributed by atoms with Crippen molar-refractivity contribution in [1.82, 2.24) is 28.9 Å². The average Bonchev–Trinajstić information content (AvgIpc) is 3.58. The number of allylic oxidation sites excluding steroid dienone is 1. The lowest BCUT2D eigenvalue weighted by Crippen LogP contribution is -2.50. The third-order valence-electron chi connectivity index (χ3n) is 8.30. The Balaban J connectivity index is 1.44. The summed E-state index contributed by atoms with van der Waals surface area (Å²) in [5.74, 6) is -0.449. The Morgan fingerprint density at radius 3 is 2.63 bits per heavy atom. The molecule has 6 rings (SSSR count). The van der Waals surface area contributed by atoms with Gasteiger partial charge in [-0.2, -0.15) is 14.5 Å². The molecule has 1 aromatic carbocycles. The number of benzene rings is 1. The van der Waals surface area contributed by atoms with Crippen molar-refractivity contribution in [2.24, 2.45) is 12.5 Å². The summed E-state index contributed by atoms with van der Waals surface area (Å²) in [7, 11) is -2.15. The number of aromatic nitrogens is 5. The van der Waals surface area contributed by atoms with Crippen LogP contribution in [0.4, 0.5) is 4.39 Å². The maximum Gasteiger partial charge on any atom is 0.246 e. The molecular formula is C30H31FN6O3S. The van der Waals surface area contributed by atoms with Gasteiger partial charge in [-0.3, -0.25) is 14.5 Å². The van der Waals surface area contributed by atoms with E-state index in [1.807, 2.05) is 26.0 Å². The van der Waals surface area contributed by atoms with E-state index in [0.29, 0.717) is 31.4 Å². The van der Waals surface area contributed by atoms with Gasteiger partial charge in [-0.05, 0) is 86.2 Å². The molecule has 11 heteroatoms. The first-order chi connectivity index (χ1) is 19.6. The number of nitrogens with zero attached hydrogens (tertiary/aromatic N) is 6. The van der Waals surface area contributed by atoms with Crippen molar-refractivity contribution in [2.45, 2.75) is 50.5 Å². The molecule has 2 aliphatic rings. The minimum absolute atomic E-state index is 0.118. The lowest BCUT2D eigenvalue weighted by atomic mass is 9.60. The quantitative estimate of drug-likeness (QED) is 0.301. The summed E-state index contributed by atoms with van der Waals surface area (Å²) >= 11 is 0. The zero-order valence-corrected chi connectivity index (χ0v) is 24.0. The van der Waals surface area contributed by atoms with Crippen LogP contribution in [0.2, 0.25) is 0 Å². The van der Waals surface area contributed by atoms with E-state index >= 15 is 0 Å². The SMILES string of the molecule is CCN([C@H]1CCC2=Cc3c(cnn3-c3ccc(F)cc3)C[C@]2(C(=O)c2cc(C)ccn2)C1)S(=O)(=O)c1cnn(C)c1. The van der Waals surface area contributed by atoms with E-state index in [9.17, 15) is 17.6 Å². The smallest absolute Gasteiger partial charge is 0.246 e. The van der Waals surface area contributed by atoms with Crippen LogP contribution in [0.5, 0.6) is 0 Å². The highest BCUT2D eigenvalue weighted by atomic mass is 32.2. The van der Waals surface area contributed by atoms with E-state index in [0.717, 1.165) is 28.1 Å². The second kappa shape index (κ2) is 10.1. The summed E-state index contributed by atoms with van der Waals surface area (Å²) in [6, 6.07) is 9.37. The fraction of sp³-hybridized carbons (Fsp3) is 0.333. The number of ketones is 1. The molecule has 0 saturated heterocycles. The third-order valence-corrected chi connectivity index (χ3v) is 10.3. The molecular weight excluding hydrogens is 543 g/mol. The highest BCUT2D eigenvalue weighted by Gasteiger charge is 2.51. The van der Waals surface area contributed by atoms with Gasteiger partial charge in [0, 0.05) is 32.0 Å². The van der Waals surface area contributed by atoms with Gasteiger partial charge in [0.1, 0.15) is 16.4 Å². The van der Waals surface area contributed by atoms with Crippen LogP contribution in [-0.4, -0.2) is 55.6 Å². The lowest BCUT2D eigenvalue weighted by molar-refractivity contribution is 0.0739. The number of Topliss-reactive ketones (excluding diaryl/α,β-unsaturated/α-hetero) is 1. The number of rotatable bonds is 7. The van der Waals surface area contributed by atoms with Crippen molar-refractivity contribution in [1.29, 1.82) is 0 Å². The van der Waals surface area contributed by atoms with Crippen molar-refractivity contribution in [3.63, 3.8) is 0 Å². The molecule has 0 aliphatic heterocycles. The second-order valence-electron chi connectivity index (χ2n) is 10.9. The monoisotopic (exact) mass is 574 g/mol. The number of carbonyl (C=O) groups excluding carboxylic acids is 1. The molecule has 9 nitrogen and oxygen atoms in total. The molecule has 3 heterocycles. The van der Waals surface area contributed by atoms with E-state index < -0.39 is 21.5 Å². The molecule has 3 aromatic heterocycles. The summed E-state index contributed by atoms with van der Waals surface area (Å²) in [5.41, 5.74) is 3.69. The van der Waals surface area contributed by atoms with Crippen molar-refractivity contribution < 1.29 is 17.6 Å². The fourth-order valence-electron chi connectivity index (χ4n) is 6.31. The Kier molecular flexibility index (Phi) is 6.74. The molecule has 0 radical (unpaired) electrons. The van der Waals surface area contributed by atoms with Crippen LogP contribution in [0.3, 0.4) is 0 Å². The van der Waals surface area contributed by atoms with Crippen molar-refractivity contribution >= 4 is 21.9 Å². The van der Waals surface area contributed by atoms with Crippen LogP contribution in [0.1, 0.15) is 53.5 Å². The third kappa shape index (κ3) is 4.62. The maximum absolute atomic E-state index is 14.5. The van der Waals surface area contributed by atoms with E-state index in [4.69, 9.17) is 0 Å². The number of carbonyl (C=O) groups is 1. The molecule has 0 unspecified atom stereocenters. The molecule has 2 atom stereocenters. The summed E-state index contributed by atoms with van der Waals surface area (Å²) in [6.07, 6.45) is 10.1. The summed E-state index contributed by atoms with van der Waals surface area (Å²) in [4.78, 5) is 19.0. The Hall–Kier alpha value is -3.96. The van der Waals surface area contributed by atoms with Crippen LogP contribution in [0, 0.1) is 18.2 Å². The second-order valence-corrected chi connectivity index (χ2v) is 12.8. The highest BCUT2D eigenvalue weighted by Crippen LogP contribution is 2.51. The lowest BCUT2D eigenvalue weighted by Gasteiger charge is -2.46. The number of halogens is 1. The Morgan fingerprint density at radius 1 is 1.17 bits per heavy atom. The van der Waals surface area contributed by atoms with Gasteiger partial charge >= 0.3 is 0 Å². The zero-order chi connectivity index (χ0) is 28.9. The molecule has 0 N–H and O–H groups in total. The van der Waals surface area contributed by atoms with Crippen LogP contribution in [0.15, 0.2) is 71.7 Å². The van der Waals surface area contributed by atoms with Crippen molar-refractivity contribution in [3.05, 3.63) is 95.1 Å². The molecule has 0 amide bonds. The van der Waals surface area contributed by atoms with Crippen LogP contribution >= 0.6 is 0 Å². The number of hydrogen-bond donors (Lipinski definition) is 0. The van der Waals surface area contributed by atoms with Gasteiger partial charge < -0.3 is 0 Å². The molecule has 2 aliphatic carbocycles. The van der Waals surface area contributed by atoms with Crippen molar-refractivity contribution in [2.75, 3.05) is 6.54 Å². The summed E-state index contributed by atoms with van der Waals surface area (Å²) in [6.45, 7) is 4.00. The van der Waals surface area contributed by atoms with Gasteiger partial charge in [-0.25, -0.2) is 17.5 Å². The molecule has 1 saturated carbocycles. The Morgan fingerprint density at radius 2 is 1.95 bits per heavy atom. The standard InChI is InChI=1S/C30H31FN6O3S/c1-4-36(41(39,40)26-18-33-35(3)19-26)25-8-5-22-14-28-21(17-34-37(28)24-9-6-23(31)7-10-24)15-30(22,16-25)29(38)27-13-20(2)11-12-32-27/h6-7,9-14,17-19,25H,4-5,8,15-16H2,1-3H3/t25-,30-/m0/s1. The van der Waals surface area contributed by atoms with Gasteiger partial charge in [0.15, 0.2) is 5.78 Å². The molecule has 0 bridgehead atoms. The predicted octanol–water partition coefficient (Wildman–Crippen LogP) is 4.52. The minimum atomic E-state index is -3.83. The molecule has 212 valence electrons. The van der Waals surface area contributed by atoms with Crippen LogP contribution < -0.4 is 0 Å². The first-order valence-corrected chi connectivity index (χ1v) is 15.1. The van der Waals surface area contributed by atoms with Gasteiger partial charge in [0.2, 0.25) is 10.0 Å². The van der Waals surface area contributed by atoms with Crippen LogP contribution in [-0.2, 0) is 23.5 Å². The number of pyridine rings is 1. The zero-order valence-electron chi connectivity index (χ0n) is 23.2. The normalized spacial score (nSPS) is 20.4. The van der Waals surface area contributed by atoms with Gasteiger partial charge in [0.05, 0.1) is 29.2 Å². The minimum Gasteiger partial charge on any atom is -0.291 e. The molecule has 41 heavy (non-hydrogen) atoms.